The number of hydrogen-bond donors (Lipinski definition) is 2. The molecule has 1 saturated carbocycles. The van der Waals surface area contributed by atoms with Crippen LogP contribution in [0.2, 0.25) is 0 Å². The van der Waals surface area contributed by atoms with Crippen LogP contribution >= 0.6 is 11.8 Å². The first-order valence-electron chi connectivity index (χ1n) is 6.53. The van der Waals surface area contributed by atoms with Crippen molar-refractivity contribution in [2.45, 2.75) is 57.3 Å². The van der Waals surface area contributed by atoms with E-state index in [0.29, 0.717) is 17.7 Å². The number of rotatable bonds is 6. The lowest BCUT2D eigenvalue weighted by Crippen LogP contribution is -2.41. The Morgan fingerprint density at radius 3 is 2.69 bits per heavy atom. The first kappa shape index (κ1) is 14.3. The van der Waals surface area contributed by atoms with Gasteiger partial charge < -0.3 is 10.8 Å². The molecule has 3 unspecified atom stereocenters. The molecule has 1 aliphatic rings. The minimum absolute atomic E-state index is 0.433. The van der Waals surface area contributed by atoms with Crippen LogP contribution in [0.25, 0.3) is 0 Å². The fourth-order valence-corrected chi connectivity index (χ4v) is 3.58. The lowest BCUT2D eigenvalue weighted by Gasteiger charge is -2.29. The number of hydrogen-bond acceptors (Lipinski definition) is 3. The molecule has 3 atom stereocenters. The van der Waals surface area contributed by atoms with E-state index in [1.165, 1.54) is 0 Å². The molecule has 0 aromatic carbocycles. The quantitative estimate of drug-likeness (QED) is 0.756. The van der Waals surface area contributed by atoms with Gasteiger partial charge in [0, 0.05) is 11.8 Å². The summed E-state index contributed by atoms with van der Waals surface area (Å²) in [5.41, 5.74) is 5.13. The highest BCUT2D eigenvalue weighted by molar-refractivity contribution is 7.99. The Kier molecular flexibility index (Phi) is 5.62. The van der Waals surface area contributed by atoms with Crippen molar-refractivity contribution in [1.29, 1.82) is 0 Å². The maximum absolute atomic E-state index is 10.3. The molecule has 0 spiro atoms. The molecule has 3 heteroatoms. The Labute approximate surface area is 104 Å². The third-order valence-electron chi connectivity index (χ3n) is 4.06. The molecule has 0 aliphatic heterocycles. The second-order valence-electron chi connectivity index (χ2n) is 5.51. The minimum atomic E-state index is -0.554. The Bertz CT molecular complexity index is 210. The van der Waals surface area contributed by atoms with Gasteiger partial charge in [0.25, 0.3) is 0 Å². The summed E-state index contributed by atoms with van der Waals surface area (Å²) in [4.78, 5) is 0. The zero-order valence-corrected chi connectivity index (χ0v) is 11.7. The third kappa shape index (κ3) is 3.64. The monoisotopic (exact) mass is 245 g/mol. The number of aliphatic hydroxyl groups is 1. The predicted octanol–water partition coefficient (Wildman–Crippen LogP) is 2.64. The fourth-order valence-electron chi connectivity index (χ4n) is 2.40. The average Bonchev–Trinajstić information content (AvgIpc) is 2.61. The zero-order chi connectivity index (χ0) is 12.2. The summed E-state index contributed by atoms with van der Waals surface area (Å²) in [5, 5.41) is 11.0. The van der Waals surface area contributed by atoms with Crippen LogP contribution < -0.4 is 5.73 Å². The summed E-state index contributed by atoms with van der Waals surface area (Å²) >= 11 is 2.03. The minimum Gasteiger partial charge on any atom is -0.388 e. The van der Waals surface area contributed by atoms with E-state index >= 15 is 0 Å². The third-order valence-corrected chi connectivity index (χ3v) is 5.60. The van der Waals surface area contributed by atoms with Gasteiger partial charge in [-0.05, 0) is 36.9 Å². The van der Waals surface area contributed by atoms with E-state index in [9.17, 15) is 5.11 Å². The van der Waals surface area contributed by atoms with E-state index in [4.69, 9.17) is 5.73 Å². The van der Waals surface area contributed by atoms with E-state index in [1.54, 1.807) is 0 Å². The molecule has 96 valence electrons. The molecule has 0 heterocycles. The van der Waals surface area contributed by atoms with Crippen molar-refractivity contribution in [1.82, 2.24) is 0 Å². The predicted molar refractivity (Wildman–Crippen MR) is 72.7 cm³/mol. The molecule has 1 aliphatic carbocycles. The molecule has 0 saturated heterocycles. The van der Waals surface area contributed by atoms with Gasteiger partial charge >= 0.3 is 0 Å². The fraction of sp³-hybridized carbons (Fsp3) is 1.00. The maximum Gasteiger partial charge on any atom is 0.0797 e. The Morgan fingerprint density at radius 2 is 2.12 bits per heavy atom. The van der Waals surface area contributed by atoms with Gasteiger partial charge in [0.05, 0.1) is 5.60 Å². The molecule has 0 bridgehead atoms. The van der Waals surface area contributed by atoms with E-state index in [-0.39, 0.29) is 0 Å². The van der Waals surface area contributed by atoms with Gasteiger partial charge in [-0.3, -0.25) is 0 Å². The SMILES string of the molecule is CC(C)C(C)SCCC1CCCC1(O)CN. The molecule has 1 rings (SSSR count). The summed E-state index contributed by atoms with van der Waals surface area (Å²) in [7, 11) is 0. The van der Waals surface area contributed by atoms with Crippen LogP contribution in [0, 0.1) is 11.8 Å². The summed E-state index contributed by atoms with van der Waals surface area (Å²) in [6.45, 7) is 7.26. The summed E-state index contributed by atoms with van der Waals surface area (Å²) in [5.74, 6) is 2.33. The van der Waals surface area contributed by atoms with Crippen LogP contribution in [0.15, 0.2) is 0 Å². The van der Waals surface area contributed by atoms with E-state index in [0.717, 1.165) is 37.4 Å². The molecular weight excluding hydrogens is 218 g/mol. The highest BCUT2D eigenvalue weighted by Gasteiger charge is 2.39. The maximum atomic E-state index is 10.3. The van der Waals surface area contributed by atoms with E-state index < -0.39 is 5.60 Å². The first-order valence-corrected chi connectivity index (χ1v) is 7.58. The van der Waals surface area contributed by atoms with Crippen LogP contribution in [0.1, 0.15) is 46.5 Å². The molecule has 16 heavy (non-hydrogen) atoms. The van der Waals surface area contributed by atoms with Crippen molar-refractivity contribution in [2.24, 2.45) is 17.6 Å². The van der Waals surface area contributed by atoms with Gasteiger partial charge in [-0.1, -0.05) is 27.2 Å². The Morgan fingerprint density at radius 1 is 1.44 bits per heavy atom. The second-order valence-corrected chi connectivity index (χ2v) is 6.99. The lowest BCUT2D eigenvalue weighted by molar-refractivity contribution is 0.0103. The highest BCUT2D eigenvalue weighted by Crippen LogP contribution is 2.38. The Hall–Kier alpha value is 0.270. The van der Waals surface area contributed by atoms with Crippen LogP contribution in [0.5, 0.6) is 0 Å². The van der Waals surface area contributed by atoms with E-state index in [1.807, 2.05) is 11.8 Å². The number of thioether (sulfide) groups is 1. The highest BCUT2D eigenvalue weighted by atomic mass is 32.2. The largest absolute Gasteiger partial charge is 0.388 e. The molecule has 2 nitrogen and oxygen atoms in total. The van der Waals surface area contributed by atoms with Gasteiger partial charge in [0.2, 0.25) is 0 Å². The van der Waals surface area contributed by atoms with Crippen molar-refractivity contribution < 1.29 is 5.11 Å². The van der Waals surface area contributed by atoms with Gasteiger partial charge in [-0.2, -0.15) is 11.8 Å². The van der Waals surface area contributed by atoms with Crippen molar-refractivity contribution in [3.8, 4) is 0 Å². The standard InChI is InChI=1S/C13H27NOS/c1-10(2)11(3)16-8-6-12-5-4-7-13(12,15)9-14/h10-12,15H,4-9,14H2,1-3H3. The molecule has 1 fully saturated rings. The summed E-state index contributed by atoms with van der Waals surface area (Å²) in [6.07, 6.45) is 4.32. The molecular formula is C13H27NOS. The van der Waals surface area contributed by atoms with Crippen LogP contribution in [0.4, 0.5) is 0 Å². The Balaban J connectivity index is 2.27. The first-order chi connectivity index (χ1) is 7.49. The molecule has 0 radical (unpaired) electrons. The van der Waals surface area contributed by atoms with Gasteiger partial charge in [0.15, 0.2) is 0 Å². The van der Waals surface area contributed by atoms with Crippen molar-refractivity contribution in [3.05, 3.63) is 0 Å². The average molecular weight is 245 g/mol. The van der Waals surface area contributed by atoms with Gasteiger partial charge in [-0.15, -0.1) is 0 Å². The lowest BCUT2D eigenvalue weighted by atomic mass is 9.89. The van der Waals surface area contributed by atoms with Crippen molar-refractivity contribution in [2.75, 3.05) is 12.3 Å². The van der Waals surface area contributed by atoms with Crippen LogP contribution in [-0.4, -0.2) is 28.3 Å². The van der Waals surface area contributed by atoms with Crippen LogP contribution in [0.3, 0.4) is 0 Å². The smallest absolute Gasteiger partial charge is 0.0797 e. The summed E-state index contributed by atoms with van der Waals surface area (Å²) < 4.78 is 0. The second kappa shape index (κ2) is 6.27. The van der Waals surface area contributed by atoms with E-state index in [2.05, 4.69) is 20.8 Å². The summed E-state index contributed by atoms with van der Waals surface area (Å²) in [6, 6.07) is 0. The molecule has 0 aromatic heterocycles. The van der Waals surface area contributed by atoms with Crippen molar-refractivity contribution >= 4 is 11.8 Å². The van der Waals surface area contributed by atoms with Crippen molar-refractivity contribution in [3.63, 3.8) is 0 Å². The van der Waals surface area contributed by atoms with Gasteiger partial charge in [-0.25, -0.2) is 0 Å². The topological polar surface area (TPSA) is 46.2 Å². The van der Waals surface area contributed by atoms with Crippen LogP contribution in [-0.2, 0) is 0 Å². The van der Waals surface area contributed by atoms with Gasteiger partial charge in [0.1, 0.15) is 0 Å². The number of nitrogens with two attached hydrogens (primary N) is 1. The molecule has 0 amide bonds. The normalized spacial score (nSPS) is 32.2. The molecule has 3 N–H and O–H groups in total. The molecule has 0 aromatic rings. The zero-order valence-electron chi connectivity index (χ0n) is 10.9.